The minimum absolute atomic E-state index is 0.0170. The maximum Gasteiger partial charge on any atom is 0.321 e. The van der Waals surface area contributed by atoms with Crippen LogP contribution in [0, 0.1) is 6.92 Å². The Kier molecular flexibility index (Phi) is 4.12. The number of likely N-dealkylation sites (tertiary alicyclic amines) is 1. The van der Waals surface area contributed by atoms with Crippen molar-refractivity contribution in [3.63, 3.8) is 0 Å². The fourth-order valence-corrected chi connectivity index (χ4v) is 3.85. The molecule has 2 aromatic rings. The van der Waals surface area contributed by atoms with Gasteiger partial charge in [0, 0.05) is 31.6 Å². The van der Waals surface area contributed by atoms with Crippen molar-refractivity contribution in [3.05, 3.63) is 59.7 Å². The molecule has 2 aliphatic heterocycles. The number of rotatable bonds is 1. The van der Waals surface area contributed by atoms with Crippen molar-refractivity contribution in [3.8, 4) is 5.75 Å². The zero-order valence-corrected chi connectivity index (χ0v) is 14.6. The van der Waals surface area contributed by atoms with Crippen molar-refractivity contribution >= 4 is 11.7 Å². The fourth-order valence-electron chi connectivity index (χ4n) is 3.85. The molecule has 2 heterocycles. The highest BCUT2D eigenvalue weighted by molar-refractivity contribution is 5.89. The van der Waals surface area contributed by atoms with Crippen molar-refractivity contribution in [1.82, 2.24) is 4.90 Å². The molecule has 1 fully saturated rings. The molecule has 1 N–H and O–H groups in total. The second kappa shape index (κ2) is 6.43. The van der Waals surface area contributed by atoms with Crippen LogP contribution in [0.2, 0.25) is 0 Å². The molecule has 0 saturated carbocycles. The number of amides is 2. The average molecular weight is 336 g/mol. The first-order valence-electron chi connectivity index (χ1n) is 9.03. The second-order valence-corrected chi connectivity index (χ2v) is 7.18. The van der Waals surface area contributed by atoms with E-state index < -0.39 is 0 Å². The van der Waals surface area contributed by atoms with Crippen LogP contribution in [0.25, 0.3) is 0 Å². The van der Waals surface area contributed by atoms with Crippen LogP contribution in [0.3, 0.4) is 0 Å². The van der Waals surface area contributed by atoms with E-state index in [1.165, 1.54) is 5.56 Å². The van der Waals surface area contributed by atoms with Gasteiger partial charge < -0.3 is 15.0 Å². The minimum atomic E-state index is -0.103. The lowest BCUT2D eigenvalue weighted by Crippen LogP contribution is -2.52. The lowest BCUT2D eigenvalue weighted by molar-refractivity contribution is -0.00434. The van der Waals surface area contributed by atoms with Gasteiger partial charge in [-0.1, -0.05) is 30.3 Å². The predicted molar refractivity (Wildman–Crippen MR) is 99.1 cm³/mol. The molecule has 1 spiro atoms. The summed E-state index contributed by atoms with van der Waals surface area (Å²) in [6, 6.07) is 16.2. The molecule has 0 aromatic heterocycles. The molecule has 0 atom stereocenters. The van der Waals surface area contributed by atoms with E-state index in [0.29, 0.717) is 0 Å². The van der Waals surface area contributed by atoms with Gasteiger partial charge in [0.2, 0.25) is 0 Å². The standard InChI is InChI=1S/C21H24N2O2/c1-16-5-4-7-18(15-16)22-20(24)23-13-11-21(12-14-23)10-9-17-6-2-3-8-19(17)25-21/h2-8,15H,9-14H2,1H3,(H,22,24). The number of anilines is 1. The molecule has 4 rings (SSSR count). The third-order valence-corrected chi connectivity index (χ3v) is 5.38. The van der Waals surface area contributed by atoms with E-state index in [0.717, 1.165) is 55.8 Å². The summed E-state index contributed by atoms with van der Waals surface area (Å²) in [5.74, 6) is 1.02. The van der Waals surface area contributed by atoms with Crippen LogP contribution < -0.4 is 10.1 Å². The Hall–Kier alpha value is -2.49. The molecule has 0 unspecified atom stereocenters. The van der Waals surface area contributed by atoms with E-state index in [1.807, 2.05) is 42.2 Å². The van der Waals surface area contributed by atoms with Crippen LogP contribution in [0.15, 0.2) is 48.5 Å². The number of urea groups is 1. The zero-order chi connectivity index (χ0) is 17.3. The van der Waals surface area contributed by atoms with Crippen molar-refractivity contribution in [2.45, 2.75) is 38.2 Å². The Morgan fingerprint density at radius 3 is 2.68 bits per heavy atom. The van der Waals surface area contributed by atoms with Gasteiger partial charge in [-0.05, 0) is 49.1 Å². The van der Waals surface area contributed by atoms with Gasteiger partial charge in [-0.25, -0.2) is 4.79 Å². The Morgan fingerprint density at radius 2 is 1.88 bits per heavy atom. The lowest BCUT2D eigenvalue weighted by atomic mass is 9.83. The summed E-state index contributed by atoms with van der Waals surface area (Å²) >= 11 is 0. The molecule has 0 radical (unpaired) electrons. The molecule has 130 valence electrons. The maximum atomic E-state index is 12.5. The van der Waals surface area contributed by atoms with Gasteiger partial charge in [-0.3, -0.25) is 0 Å². The predicted octanol–water partition coefficient (Wildman–Crippen LogP) is 4.39. The smallest absolute Gasteiger partial charge is 0.321 e. The normalized spacial score (nSPS) is 18.4. The monoisotopic (exact) mass is 336 g/mol. The Bertz CT molecular complexity index is 779. The van der Waals surface area contributed by atoms with Gasteiger partial charge in [0.25, 0.3) is 0 Å². The quantitative estimate of drug-likeness (QED) is 0.839. The van der Waals surface area contributed by atoms with Gasteiger partial charge in [-0.15, -0.1) is 0 Å². The number of piperidine rings is 1. The number of aryl methyl sites for hydroxylation is 2. The minimum Gasteiger partial charge on any atom is -0.487 e. The molecule has 4 heteroatoms. The average Bonchev–Trinajstić information content (AvgIpc) is 2.62. The first-order chi connectivity index (χ1) is 12.1. The first-order valence-corrected chi connectivity index (χ1v) is 9.03. The number of fused-ring (bicyclic) bond motifs is 1. The van der Waals surface area contributed by atoms with E-state index >= 15 is 0 Å². The van der Waals surface area contributed by atoms with Crippen LogP contribution in [-0.2, 0) is 6.42 Å². The summed E-state index contributed by atoms with van der Waals surface area (Å²) in [7, 11) is 0. The molecule has 25 heavy (non-hydrogen) atoms. The number of nitrogens with one attached hydrogen (secondary N) is 1. The lowest BCUT2D eigenvalue weighted by Gasteiger charge is -2.44. The van der Waals surface area contributed by atoms with E-state index in [2.05, 4.69) is 23.5 Å². The number of ether oxygens (including phenoxy) is 1. The van der Waals surface area contributed by atoms with Crippen LogP contribution in [-0.4, -0.2) is 29.6 Å². The molecule has 4 nitrogen and oxygen atoms in total. The third kappa shape index (κ3) is 3.34. The van der Waals surface area contributed by atoms with Gasteiger partial charge in [0.15, 0.2) is 0 Å². The molecular weight excluding hydrogens is 312 g/mol. The summed E-state index contributed by atoms with van der Waals surface area (Å²) < 4.78 is 6.36. The second-order valence-electron chi connectivity index (χ2n) is 7.18. The number of hydrogen-bond donors (Lipinski definition) is 1. The molecule has 2 aromatic carbocycles. The van der Waals surface area contributed by atoms with Gasteiger partial charge in [-0.2, -0.15) is 0 Å². The maximum absolute atomic E-state index is 12.5. The van der Waals surface area contributed by atoms with Gasteiger partial charge in [0.1, 0.15) is 11.4 Å². The molecule has 2 amide bonds. The summed E-state index contributed by atoms with van der Waals surface area (Å²) in [4.78, 5) is 14.4. The van der Waals surface area contributed by atoms with E-state index in [-0.39, 0.29) is 11.6 Å². The highest BCUT2D eigenvalue weighted by atomic mass is 16.5. The Morgan fingerprint density at radius 1 is 1.08 bits per heavy atom. The van der Waals surface area contributed by atoms with Crippen LogP contribution >= 0.6 is 0 Å². The zero-order valence-electron chi connectivity index (χ0n) is 14.6. The topological polar surface area (TPSA) is 41.6 Å². The number of para-hydroxylation sites is 1. The molecule has 1 saturated heterocycles. The van der Waals surface area contributed by atoms with Crippen molar-refractivity contribution in [1.29, 1.82) is 0 Å². The number of carbonyl (C=O) groups excluding carboxylic acids is 1. The molecule has 2 aliphatic rings. The van der Waals surface area contributed by atoms with Crippen LogP contribution in [0.1, 0.15) is 30.4 Å². The highest BCUT2D eigenvalue weighted by Gasteiger charge is 2.40. The fraction of sp³-hybridized carbons (Fsp3) is 0.381. The molecule has 0 aliphatic carbocycles. The van der Waals surface area contributed by atoms with Crippen molar-refractivity contribution in [2.24, 2.45) is 0 Å². The number of nitrogens with zero attached hydrogens (tertiary/aromatic N) is 1. The van der Waals surface area contributed by atoms with E-state index in [1.54, 1.807) is 0 Å². The molecular formula is C21H24N2O2. The summed E-state index contributed by atoms with van der Waals surface area (Å²) in [6.45, 7) is 3.50. The van der Waals surface area contributed by atoms with Crippen LogP contribution in [0.4, 0.5) is 10.5 Å². The molecule has 0 bridgehead atoms. The van der Waals surface area contributed by atoms with Gasteiger partial charge in [0.05, 0.1) is 0 Å². The van der Waals surface area contributed by atoms with Crippen LogP contribution in [0.5, 0.6) is 5.75 Å². The number of hydrogen-bond acceptors (Lipinski definition) is 2. The Balaban J connectivity index is 1.38. The Labute approximate surface area is 148 Å². The summed E-state index contributed by atoms with van der Waals surface area (Å²) in [6.07, 6.45) is 3.88. The van der Waals surface area contributed by atoms with Crippen molar-refractivity contribution in [2.75, 3.05) is 18.4 Å². The first kappa shape index (κ1) is 16.0. The number of benzene rings is 2. The van der Waals surface area contributed by atoms with E-state index in [9.17, 15) is 4.79 Å². The third-order valence-electron chi connectivity index (χ3n) is 5.38. The largest absolute Gasteiger partial charge is 0.487 e. The van der Waals surface area contributed by atoms with Gasteiger partial charge >= 0.3 is 6.03 Å². The SMILES string of the molecule is Cc1cccc(NC(=O)N2CCC3(CCc4ccccc4O3)CC2)c1. The van der Waals surface area contributed by atoms with Crippen molar-refractivity contribution < 1.29 is 9.53 Å². The summed E-state index contributed by atoms with van der Waals surface area (Å²) in [5, 5.41) is 3.01. The highest BCUT2D eigenvalue weighted by Crippen LogP contribution is 2.39. The number of carbonyl (C=O) groups is 1. The van der Waals surface area contributed by atoms with E-state index in [4.69, 9.17) is 4.74 Å². The summed E-state index contributed by atoms with van der Waals surface area (Å²) in [5.41, 5.74) is 3.19.